The first kappa shape index (κ1) is 26.5. The monoisotopic (exact) mass is 522 g/mol. The van der Waals surface area contributed by atoms with Crippen LogP contribution in [-0.2, 0) is 14.3 Å². The number of benzene rings is 2. The van der Waals surface area contributed by atoms with Crippen LogP contribution >= 0.6 is 11.8 Å². The van der Waals surface area contributed by atoms with Gasteiger partial charge in [0.15, 0.2) is 5.78 Å². The fraction of sp³-hybridized carbons (Fsp3) is 0.357. The molecule has 4 rings (SSSR count). The SMILES string of the molecule is CCSCCOC(=O)C1=C(C)NC2=C(C(=O)C[C@@H](c3ccccc3OC)C2)[C@H]1c1ccc([N+](=O)[O-])cc1. The van der Waals surface area contributed by atoms with Crippen LogP contribution in [0.1, 0.15) is 49.7 Å². The molecule has 194 valence electrons. The van der Waals surface area contributed by atoms with Gasteiger partial charge in [0.05, 0.1) is 17.6 Å². The van der Waals surface area contributed by atoms with Crippen LogP contribution in [0.3, 0.4) is 0 Å². The van der Waals surface area contributed by atoms with E-state index in [0.717, 1.165) is 22.8 Å². The molecule has 0 aromatic heterocycles. The lowest BCUT2D eigenvalue weighted by molar-refractivity contribution is -0.384. The van der Waals surface area contributed by atoms with Crippen LogP contribution < -0.4 is 10.1 Å². The summed E-state index contributed by atoms with van der Waals surface area (Å²) < 4.78 is 11.1. The first-order chi connectivity index (χ1) is 17.8. The van der Waals surface area contributed by atoms with Crippen molar-refractivity contribution in [3.63, 3.8) is 0 Å². The van der Waals surface area contributed by atoms with E-state index >= 15 is 0 Å². The number of nitrogens with one attached hydrogen (secondary N) is 1. The largest absolute Gasteiger partial charge is 0.496 e. The van der Waals surface area contributed by atoms with Crippen molar-refractivity contribution in [2.75, 3.05) is 25.2 Å². The van der Waals surface area contributed by atoms with Crippen molar-refractivity contribution in [3.05, 3.63) is 92.3 Å². The van der Waals surface area contributed by atoms with Gasteiger partial charge in [0.25, 0.3) is 5.69 Å². The summed E-state index contributed by atoms with van der Waals surface area (Å²) in [4.78, 5) is 37.8. The van der Waals surface area contributed by atoms with Crippen molar-refractivity contribution in [1.82, 2.24) is 5.32 Å². The van der Waals surface area contributed by atoms with Crippen molar-refractivity contribution < 1.29 is 24.0 Å². The number of esters is 1. The Kier molecular flexibility index (Phi) is 8.33. The summed E-state index contributed by atoms with van der Waals surface area (Å²) in [6, 6.07) is 13.7. The quantitative estimate of drug-likeness (QED) is 0.206. The number of ether oxygens (including phenoxy) is 2. The molecule has 2 aromatic carbocycles. The van der Waals surface area contributed by atoms with Crippen molar-refractivity contribution >= 4 is 29.2 Å². The number of methoxy groups -OCH3 is 1. The molecule has 1 aliphatic carbocycles. The van der Waals surface area contributed by atoms with Gasteiger partial charge in [0.1, 0.15) is 12.4 Å². The van der Waals surface area contributed by atoms with Gasteiger partial charge in [-0.3, -0.25) is 14.9 Å². The fourth-order valence-corrected chi connectivity index (χ4v) is 5.56. The normalized spacial score (nSPS) is 19.3. The molecule has 0 fully saturated rings. The summed E-state index contributed by atoms with van der Waals surface area (Å²) in [7, 11) is 1.61. The number of hydrogen-bond donors (Lipinski definition) is 1. The zero-order valence-electron chi connectivity index (χ0n) is 21.1. The summed E-state index contributed by atoms with van der Waals surface area (Å²) in [5, 5.41) is 14.6. The third-order valence-electron chi connectivity index (χ3n) is 6.73. The Hall–Kier alpha value is -3.59. The standard InChI is InChI=1S/C28H30N2O6S/c1-4-37-14-13-36-28(32)25-17(2)29-22-15-19(21-7-5-6-8-24(21)35-3)16-23(31)27(22)26(25)18-9-11-20(12-10-18)30(33)34/h5-12,19,26,29H,4,13-16H2,1-3H3/t19-,26-/m0/s1. The third-order valence-corrected chi connectivity index (χ3v) is 7.59. The first-order valence-corrected chi connectivity index (χ1v) is 13.4. The summed E-state index contributed by atoms with van der Waals surface area (Å²) in [5.41, 5.74) is 3.78. The summed E-state index contributed by atoms with van der Waals surface area (Å²) in [5.74, 6) is 1.01. The van der Waals surface area contributed by atoms with Crippen molar-refractivity contribution in [3.8, 4) is 5.75 Å². The number of nitrogens with zero attached hydrogens (tertiary/aromatic N) is 1. The molecule has 1 N–H and O–H groups in total. The molecule has 0 saturated heterocycles. The van der Waals surface area contributed by atoms with Gasteiger partial charge in [-0.1, -0.05) is 37.3 Å². The van der Waals surface area contributed by atoms with E-state index in [-0.39, 0.29) is 30.4 Å². The molecule has 0 saturated carbocycles. The van der Waals surface area contributed by atoms with Crippen LogP contribution in [0.15, 0.2) is 71.1 Å². The van der Waals surface area contributed by atoms with Crippen molar-refractivity contribution in [2.24, 2.45) is 0 Å². The summed E-state index contributed by atoms with van der Waals surface area (Å²) >= 11 is 1.67. The van der Waals surface area contributed by atoms with E-state index in [1.807, 2.05) is 31.2 Å². The van der Waals surface area contributed by atoms with Crippen molar-refractivity contribution in [1.29, 1.82) is 0 Å². The minimum atomic E-state index is -0.672. The van der Waals surface area contributed by atoms with Crippen LogP contribution in [-0.4, -0.2) is 41.9 Å². The maximum atomic E-state index is 13.7. The maximum Gasteiger partial charge on any atom is 0.336 e. The lowest BCUT2D eigenvalue weighted by Gasteiger charge is -2.37. The Labute approximate surface area is 220 Å². The fourth-order valence-electron chi connectivity index (χ4n) is 5.07. The van der Waals surface area contributed by atoms with Gasteiger partial charge in [0.2, 0.25) is 0 Å². The number of carbonyl (C=O) groups excluding carboxylic acids is 2. The number of non-ortho nitro benzene ring substituents is 1. The van der Waals surface area contributed by atoms with Crippen LogP contribution in [0.5, 0.6) is 5.75 Å². The lowest BCUT2D eigenvalue weighted by atomic mass is 9.71. The highest BCUT2D eigenvalue weighted by Crippen LogP contribution is 2.47. The average molecular weight is 523 g/mol. The summed E-state index contributed by atoms with van der Waals surface area (Å²) in [6.07, 6.45) is 0.830. The second-order valence-corrected chi connectivity index (χ2v) is 10.3. The van der Waals surface area contributed by atoms with Gasteiger partial charge in [-0.25, -0.2) is 4.79 Å². The van der Waals surface area contributed by atoms with Gasteiger partial charge < -0.3 is 14.8 Å². The molecule has 8 nitrogen and oxygen atoms in total. The van der Waals surface area contributed by atoms with E-state index < -0.39 is 16.8 Å². The topological polar surface area (TPSA) is 108 Å². The number of allylic oxidation sites excluding steroid dienone is 3. The molecule has 2 atom stereocenters. The van der Waals surface area contributed by atoms with E-state index in [2.05, 4.69) is 5.32 Å². The molecule has 9 heteroatoms. The average Bonchev–Trinajstić information content (AvgIpc) is 2.90. The predicted octanol–water partition coefficient (Wildman–Crippen LogP) is 5.26. The number of Topliss-reactive ketones (excluding diaryl/α,β-unsaturated/α-hetero) is 1. The number of nitro groups is 1. The van der Waals surface area contributed by atoms with Crippen LogP contribution in [0.2, 0.25) is 0 Å². The lowest BCUT2D eigenvalue weighted by Crippen LogP contribution is -2.36. The highest BCUT2D eigenvalue weighted by Gasteiger charge is 2.42. The number of rotatable bonds is 9. The molecule has 2 aliphatic rings. The number of dihydropyridines is 1. The van der Waals surface area contributed by atoms with Gasteiger partial charge in [-0.2, -0.15) is 11.8 Å². The van der Waals surface area contributed by atoms with Crippen molar-refractivity contribution in [2.45, 2.75) is 38.5 Å². The minimum Gasteiger partial charge on any atom is -0.496 e. The van der Waals surface area contributed by atoms with E-state index in [0.29, 0.717) is 34.6 Å². The minimum absolute atomic E-state index is 0.0560. The number of nitro benzene ring substituents is 1. The van der Waals surface area contributed by atoms with Gasteiger partial charge in [0, 0.05) is 53.1 Å². The van der Waals surface area contributed by atoms with Crippen LogP contribution in [0, 0.1) is 10.1 Å². The predicted molar refractivity (Wildman–Crippen MR) is 143 cm³/mol. The zero-order valence-corrected chi connectivity index (χ0v) is 21.9. The van der Waals surface area contributed by atoms with E-state index in [9.17, 15) is 19.7 Å². The van der Waals surface area contributed by atoms with E-state index in [4.69, 9.17) is 9.47 Å². The van der Waals surface area contributed by atoms with Crippen LogP contribution in [0.4, 0.5) is 5.69 Å². The molecule has 2 aromatic rings. The zero-order chi connectivity index (χ0) is 26.5. The first-order valence-electron chi connectivity index (χ1n) is 12.2. The highest BCUT2D eigenvalue weighted by molar-refractivity contribution is 7.99. The van der Waals surface area contributed by atoms with Crippen LogP contribution in [0.25, 0.3) is 0 Å². The van der Waals surface area contributed by atoms with Gasteiger partial charge >= 0.3 is 5.97 Å². The Morgan fingerprint density at radius 1 is 1.16 bits per heavy atom. The number of thioether (sulfide) groups is 1. The maximum absolute atomic E-state index is 13.7. The Morgan fingerprint density at radius 3 is 2.57 bits per heavy atom. The van der Waals surface area contributed by atoms with Gasteiger partial charge in [-0.15, -0.1) is 0 Å². The molecule has 37 heavy (non-hydrogen) atoms. The Bertz CT molecular complexity index is 1270. The molecule has 0 radical (unpaired) electrons. The Morgan fingerprint density at radius 2 is 1.89 bits per heavy atom. The number of ketones is 1. The molecular weight excluding hydrogens is 492 g/mol. The third kappa shape index (κ3) is 5.56. The molecule has 0 unspecified atom stereocenters. The number of hydrogen-bond acceptors (Lipinski definition) is 8. The van der Waals surface area contributed by atoms with E-state index in [1.165, 1.54) is 12.1 Å². The van der Waals surface area contributed by atoms with Gasteiger partial charge in [-0.05, 0) is 36.3 Å². The second kappa shape index (κ2) is 11.6. The molecule has 0 bridgehead atoms. The second-order valence-electron chi connectivity index (χ2n) is 8.94. The highest BCUT2D eigenvalue weighted by atomic mass is 32.2. The van der Waals surface area contributed by atoms with E-state index in [1.54, 1.807) is 37.9 Å². The molecule has 1 heterocycles. The smallest absolute Gasteiger partial charge is 0.336 e. The molecule has 1 aliphatic heterocycles. The number of carbonyl (C=O) groups is 2. The Balaban J connectivity index is 1.74. The molecular formula is C28H30N2O6S. The number of para-hydroxylation sites is 1. The summed E-state index contributed by atoms with van der Waals surface area (Å²) in [6.45, 7) is 4.10. The molecule has 0 spiro atoms. The molecule has 0 amide bonds.